The van der Waals surface area contributed by atoms with Crippen LogP contribution in [-0.2, 0) is 5.41 Å². The average Bonchev–Trinajstić information content (AvgIpc) is 2.82. The molecule has 0 aliphatic carbocycles. The first-order valence-electron chi connectivity index (χ1n) is 7.05. The van der Waals surface area contributed by atoms with Gasteiger partial charge in [-0.3, -0.25) is 4.68 Å². The minimum atomic E-state index is -0.192. The van der Waals surface area contributed by atoms with E-state index in [4.69, 9.17) is 10.5 Å². The van der Waals surface area contributed by atoms with E-state index in [1.54, 1.807) is 6.20 Å². The van der Waals surface area contributed by atoms with Crippen molar-refractivity contribution in [2.75, 3.05) is 5.73 Å². The highest BCUT2D eigenvalue weighted by Gasteiger charge is 2.21. The summed E-state index contributed by atoms with van der Waals surface area (Å²) in [5, 5.41) is 4.25. The van der Waals surface area contributed by atoms with Crippen LogP contribution in [0.15, 0.2) is 12.4 Å². The van der Waals surface area contributed by atoms with Gasteiger partial charge < -0.3 is 10.5 Å². The van der Waals surface area contributed by atoms with E-state index in [-0.39, 0.29) is 11.5 Å². The van der Waals surface area contributed by atoms with Crippen molar-refractivity contribution in [1.82, 2.24) is 19.7 Å². The van der Waals surface area contributed by atoms with Gasteiger partial charge in [0, 0.05) is 11.5 Å². The summed E-state index contributed by atoms with van der Waals surface area (Å²) in [4.78, 5) is 8.85. The van der Waals surface area contributed by atoms with Crippen molar-refractivity contribution in [2.45, 2.75) is 53.0 Å². The normalized spacial score (nSPS) is 12.0. The van der Waals surface area contributed by atoms with Crippen LogP contribution >= 0.6 is 0 Å². The van der Waals surface area contributed by atoms with Crippen LogP contribution in [0.3, 0.4) is 0 Å². The molecule has 0 aliphatic heterocycles. The van der Waals surface area contributed by atoms with Crippen LogP contribution in [0, 0.1) is 6.92 Å². The Balaban J connectivity index is 2.36. The first kappa shape index (κ1) is 15.3. The molecule has 6 heteroatoms. The molecule has 0 aliphatic rings. The van der Waals surface area contributed by atoms with Gasteiger partial charge in [-0.2, -0.15) is 10.1 Å². The zero-order chi connectivity index (χ0) is 15.8. The van der Waals surface area contributed by atoms with Gasteiger partial charge in [0.1, 0.15) is 11.6 Å². The predicted molar refractivity (Wildman–Crippen MR) is 82.6 cm³/mol. The molecule has 0 saturated carbocycles. The van der Waals surface area contributed by atoms with Crippen LogP contribution < -0.4 is 10.5 Å². The molecule has 2 heterocycles. The minimum absolute atomic E-state index is 0.192. The van der Waals surface area contributed by atoms with Crippen molar-refractivity contribution < 1.29 is 4.74 Å². The number of ether oxygens (including phenoxy) is 1. The average molecular weight is 289 g/mol. The smallest absolute Gasteiger partial charge is 0.227 e. The van der Waals surface area contributed by atoms with Crippen molar-refractivity contribution in [3.05, 3.63) is 23.8 Å². The molecule has 0 aromatic carbocycles. The monoisotopic (exact) mass is 289 g/mol. The molecule has 0 unspecified atom stereocenters. The number of aromatic nitrogens is 4. The molecule has 0 radical (unpaired) electrons. The van der Waals surface area contributed by atoms with Crippen LogP contribution in [0.4, 0.5) is 5.82 Å². The van der Waals surface area contributed by atoms with Gasteiger partial charge in [0.15, 0.2) is 5.75 Å². The molecule has 2 N–H and O–H groups in total. The third-order valence-corrected chi connectivity index (χ3v) is 3.13. The Morgan fingerprint density at radius 2 is 1.90 bits per heavy atom. The van der Waals surface area contributed by atoms with E-state index in [0.717, 1.165) is 5.56 Å². The molecule has 114 valence electrons. The lowest BCUT2D eigenvalue weighted by Crippen LogP contribution is -2.18. The zero-order valence-electron chi connectivity index (χ0n) is 13.5. The van der Waals surface area contributed by atoms with Gasteiger partial charge in [0.2, 0.25) is 5.88 Å². The van der Waals surface area contributed by atoms with Crippen molar-refractivity contribution in [3.8, 4) is 11.6 Å². The molecule has 0 amide bonds. The molecular formula is C15H23N5O. The van der Waals surface area contributed by atoms with Crippen LogP contribution in [0.1, 0.15) is 52.0 Å². The number of hydrogen-bond acceptors (Lipinski definition) is 5. The second kappa shape index (κ2) is 5.35. The molecular weight excluding hydrogens is 266 g/mol. The topological polar surface area (TPSA) is 78.8 Å². The van der Waals surface area contributed by atoms with E-state index < -0.39 is 0 Å². The van der Waals surface area contributed by atoms with Crippen molar-refractivity contribution in [3.63, 3.8) is 0 Å². The summed E-state index contributed by atoms with van der Waals surface area (Å²) in [5.41, 5.74) is 6.52. The Kier molecular flexibility index (Phi) is 3.89. The highest BCUT2D eigenvalue weighted by molar-refractivity contribution is 5.46. The molecule has 2 aromatic heterocycles. The molecule has 0 bridgehead atoms. The number of nitrogens with zero attached hydrogens (tertiary/aromatic N) is 4. The Morgan fingerprint density at radius 1 is 1.24 bits per heavy atom. The fourth-order valence-electron chi connectivity index (χ4n) is 1.71. The molecule has 0 spiro atoms. The van der Waals surface area contributed by atoms with Crippen molar-refractivity contribution >= 4 is 5.82 Å². The Morgan fingerprint density at radius 3 is 2.43 bits per heavy atom. The third kappa shape index (κ3) is 3.32. The second-order valence-electron chi connectivity index (χ2n) is 6.46. The quantitative estimate of drug-likeness (QED) is 0.938. The summed E-state index contributed by atoms with van der Waals surface area (Å²) in [6, 6.07) is 0.282. The lowest BCUT2D eigenvalue weighted by atomic mass is 9.95. The maximum Gasteiger partial charge on any atom is 0.227 e. The van der Waals surface area contributed by atoms with Gasteiger partial charge in [-0.1, -0.05) is 20.8 Å². The summed E-state index contributed by atoms with van der Waals surface area (Å²) in [6.45, 7) is 12.1. The van der Waals surface area contributed by atoms with E-state index in [1.165, 1.54) is 0 Å². The summed E-state index contributed by atoms with van der Waals surface area (Å²) < 4.78 is 7.68. The molecule has 0 fully saturated rings. The molecule has 2 rings (SSSR count). The summed E-state index contributed by atoms with van der Waals surface area (Å²) in [7, 11) is 0. The lowest BCUT2D eigenvalue weighted by Gasteiger charge is -2.18. The van der Waals surface area contributed by atoms with Crippen LogP contribution in [-0.4, -0.2) is 19.7 Å². The Bertz CT molecular complexity index is 640. The van der Waals surface area contributed by atoms with Gasteiger partial charge >= 0.3 is 0 Å². The van der Waals surface area contributed by atoms with Crippen LogP contribution in [0.2, 0.25) is 0 Å². The molecule has 0 saturated heterocycles. The van der Waals surface area contributed by atoms with Crippen molar-refractivity contribution in [1.29, 1.82) is 0 Å². The van der Waals surface area contributed by atoms with Crippen LogP contribution in [0.5, 0.6) is 11.6 Å². The Labute approximate surface area is 125 Å². The first-order chi connectivity index (χ1) is 9.68. The maximum atomic E-state index is 5.97. The highest BCUT2D eigenvalue weighted by atomic mass is 16.5. The van der Waals surface area contributed by atoms with E-state index in [1.807, 2.05) is 38.6 Å². The van der Waals surface area contributed by atoms with E-state index in [9.17, 15) is 0 Å². The lowest BCUT2D eigenvalue weighted by molar-refractivity contribution is 0.440. The highest BCUT2D eigenvalue weighted by Crippen LogP contribution is 2.29. The third-order valence-electron chi connectivity index (χ3n) is 3.13. The number of nitrogen functional groups attached to an aromatic ring is 1. The van der Waals surface area contributed by atoms with E-state index >= 15 is 0 Å². The molecule has 21 heavy (non-hydrogen) atoms. The van der Waals surface area contributed by atoms with Crippen LogP contribution in [0.25, 0.3) is 0 Å². The summed E-state index contributed by atoms with van der Waals surface area (Å²) >= 11 is 0. The number of anilines is 1. The summed E-state index contributed by atoms with van der Waals surface area (Å²) in [5.74, 6) is 2.23. The predicted octanol–water partition coefficient (Wildman–Crippen LogP) is 3.23. The van der Waals surface area contributed by atoms with Gasteiger partial charge in [0.25, 0.3) is 0 Å². The van der Waals surface area contributed by atoms with Gasteiger partial charge in [0.05, 0.1) is 18.0 Å². The fourth-order valence-corrected chi connectivity index (χ4v) is 1.71. The second-order valence-corrected chi connectivity index (χ2v) is 6.46. The maximum absolute atomic E-state index is 5.97. The Hall–Kier alpha value is -2.11. The largest absolute Gasteiger partial charge is 0.435 e. The molecule has 0 atom stereocenters. The number of nitrogens with two attached hydrogens (primary N) is 1. The van der Waals surface area contributed by atoms with Gasteiger partial charge in [-0.05, 0) is 20.8 Å². The zero-order valence-corrected chi connectivity index (χ0v) is 13.5. The SMILES string of the molecule is Cc1c(N)nc(C(C)(C)C)nc1Oc1cnn(C(C)C)c1. The molecule has 2 aromatic rings. The number of hydrogen-bond donors (Lipinski definition) is 1. The van der Waals surface area contributed by atoms with Crippen molar-refractivity contribution in [2.24, 2.45) is 0 Å². The number of rotatable bonds is 3. The molecule has 6 nitrogen and oxygen atoms in total. The fraction of sp³-hybridized carbons (Fsp3) is 0.533. The first-order valence-corrected chi connectivity index (χ1v) is 7.05. The van der Waals surface area contributed by atoms with Gasteiger partial charge in [-0.25, -0.2) is 4.98 Å². The van der Waals surface area contributed by atoms with Gasteiger partial charge in [-0.15, -0.1) is 0 Å². The summed E-state index contributed by atoms with van der Waals surface area (Å²) in [6.07, 6.45) is 3.52. The van der Waals surface area contributed by atoms with E-state index in [0.29, 0.717) is 23.3 Å². The van der Waals surface area contributed by atoms with E-state index in [2.05, 4.69) is 28.9 Å². The minimum Gasteiger partial charge on any atom is -0.435 e. The standard InChI is InChI=1S/C15H23N5O/c1-9(2)20-8-11(7-17-20)21-13-10(3)12(16)18-14(19-13)15(4,5)6/h7-9H,1-6H3,(H2,16,18,19).